The molecule has 0 atom stereocenters. The van der Waals surface area contributed by atoms with Crippen LogP contribution in [0.15, 0.2) is 18.2 Å². The van der Waals surface area contributed by atoms with Crippen molar-refractivity contribution >= 4 is 23.3 Å². The van der Waals surface area contributed by atoms with Gasteiger partial charge < -0.3 is 10.1 Å². The molecule has 15 heavy (non-hydrogen) atoms. The number of carbonyl (C=O) groups excluding carboxylic acids is 1. The average molecular weight is 232 g/mol. The smallest absolute Gasteiger partial charge is 0.325 e. The monoisotopic (exact) mass is 231 g/mol. The number of anilines is 1. The predicted octanol–water partition coefficient (Wildman–Crippen LogP) is 2.45. The standard InChI is InChI=1S/C10H11ClFNO2/c1-2-15-9(14)6-13-8-5-3-4-7(11)10(8)12/h3-5,13H,2,6H2,1H3. The molecule has 1 aromatic carbocycles. The summed E-state index contributed by atoms with van der Waals surface area (Å²) >= 11 is 5.56. The first-order valence-electron chi connectivity index (χ1n) is 4.48. The lowest BCUT2D eigenvalue weighted by molar-refractivity contribution is -0.140. The summed E-state index contributed by atoms with van der Waals surface area (Å²) in [5.41, 5.74) is 0.190. The molecule has 0 fully saturated rings. The minimum atomic E-state index is -0.566. The fourth-order valence-corrected chi connectivity index (χ4v) is 1.19. The lowest BCUT2D eigenvalue weighted by Gasteiger charge is -2.07. The zero-order valence-electron chi connectivity index (χ0n) is 8.22. The minimum absolute atomic E-state index is 0.0175. The maximum atomic E-state index is 13.3. The van der Waals surface area contributed by atoms with Crippen LogP contribution in [0.5, 0.6) is 0 Å². The number of ether oxygens (including phenoxy) is 1. The Morgan fingerprint density at radius 2 is 2.33 bits per heavy atom. The van der Waals surface area contributed by atoms with Crippen molar-refractivity contribution in [2.45, 2.75) is 6.92 Å². The summed E-state index contributed by atoms with van der Waals surface area (Å²) in [6, 6.07) is 4.53. The Labute approximate surface area is 92.2 Å². The van der Waals surface area contributed by atoms with Crippen molar-refractivity contribution in [1.29, 1.82) is 0 Å². The van der Waals surface area contributed by atoms with Gasteiger partial charge >= 0.3 is 5.97 Å². The van der Waals surface area contributed by atoms with Gasteiger partial charge in [0, 0.05) is 0 Å². The number of hydrogen-bond acceptors (Lipinski definition) is 3. The third kappa shape index (κ3) is 3.40. The van der Waals surface area contributed by atoms with Gasteiger partial charge in [-0.3, -0.25) is 4.79 Å². The van der Waals surface area contributed by atoms with Crippen molar-refractivity contribution in [2.75, 3.05) is 18.5 Å². The van der Waals surface area contributed by atoms with Gasteiger partial charge in [-0.15, -0.1) is 0 Å². The molecular formula is C10H11ClFNO2. The molecule has 1 N–H and O–H groups in total. The molecule has 0 spiro atoms. The lowest BCUT2D eigenvalue weighted by atomic mass is 10.3. The summed E-state index contributed by atoms with van der Waals surface area (Å²) in [4.78, 5) is 11.0. The van der Waals surface area contributed by atoms with Gasteiger partial charge in [-0.2, -0.15) is 0 Å². The van der Waals surface area contributed by atoms with E-state index in [1.54, 1.807) is 13.0 Å². The Morgan fingerprint density at radius 1 is 1.60 bits per heavy atom. The number of carbonyl (C=O) groups is 1. The second-order valence-corrected chi connectivity index (χ2v) is 3.17. The van der Waals surface area contributed by atoms with E-state index in [-0.39, 0.29) is 17.3 Å². The first kappa shape index (κ1) is 11.8. The molecule has 82 valence electrons. The van der Waals surface area contributed by atoms with E-state index >= 15 is 0 Å². The van der Waals surface area contributed by atoms with Gasteiger partial charge in [0.15, 0.2) is 5.82 Å². The molecule has 0 saturated carbocycles. The van der Waals surface area contributed by atoms with E-state index in [4.69, 9.17) is 11.6 Å². The minimum Gasteiger partial charge on any atom is -0.465 e. The molecule has 0 saturated heterocycles. The Hall–Kier alpha value is -1.29. The predicted molar refractivity (Wildman–Crippen MR) is 56.5 cm³/mol. The van der Waals surface area contributed by atoms with E-state index in [0.29, 0.717) is 6.61 Å². The van der Waals surface area contributed by atoms with Crippen LogP contribution in [-0.4, -0.2) is 19.1 Å². The van der Waals surface area contributed by atoms with Crippen molar-refractivity contribution < 1.29 is 13.9 Å². The molecule has 1 rings (SSSR count). The van der Waals surface area contributed by atoms with E-state index in [2.05, 4.69) is 10.1 Å². The third-order valence-corrected chi connectivity index (χ3v) is 1.97. The van der Waals surface area contributed by atoms with Crippen molar-refractivity contribution in [2.24, 2.45) is 0 Å². The van der Waals surface area contributed by atoms with Gasteiger partial charge in [0.2, 0.25) is 0 Å². The zero-order valence-corrected chi connectivity index (χ0v) is 8.97. The molecule has 0 aliphatic heterocycles. The molecule has 5 heteroatoms. The van der Waals surface area contributed by atoms with Crippen LogP contribution >= 0.6 is 11.6 Å². The van der Waals surface area contributed by atoms with Crippen LogP contribution in [-0.2, 0) is 9.53 Å². The number of nitrogens with one attached hydrogen (secondary N) is 1. The van der Waals surface area contributed by atoms with E-state index < -0.39 is 11.8 Å². The van der Waals surface area contributed by atoms with Crippen LogP contribution in [0.25, 0.3) is 0 Å². The highest BCUT2D eigenvalue weighted by Gasteiger charge is 2.07. The van der Waals surface area contributed by atoms with Crippen LogP contribution in [0, 0.1) is 5.82 Å². The molecular weight excluding hydrogens is 221 g/mol. The number of esters is 1. The first-order chi connectivity index (χ1) is 7.15. The largest absolute Gasteiger partial charge is 0.465 e. The van der Waals surface area contributed by atoms with Gasteiger partial charge in [0.05, 0.1) is 17.3 Å². The summed E-state index contributed by atoms with van der Waals surface area (Å²) in [7, 11) is 0. The van der Waals surface area contributed by atoms with Gasteiger partial charge in [0.1, 0.15) is 6.54 Å². The number of rotatable bonds is 4. The van der Waals surface area contributed by atoms with Crippen molar-refractivity contribution in [3.63, 3.8) is 0 Å². The SMILES string of the molecule is CCOC(=O)CNc1cccc(Cl)c1F. The summed E-state index contributed by atoms with van der Waals surface area (Å²) < 4.78 is 18.0. The molecule has 0 bridgehead atoms. The molecule has 0 aliphatic carbocycles. The maximum absolute atomic E-state index is 13.3. The van der Waals surface area contributed by atoms with E-state index in [1.807, 2.05) is 0 Å². The fraction of sp³-hybridized carbons (Fsp3) is 0.300. The van der Waals surface area contributed by atoms with Crippen molar-refractivity contribution in [1.82, 2.24) is 0 Å². The molecule has 0 unspecified atom stereocenters. The first-order valence-corrected chi connectivity index (χ1v) is 4.86. The Kier molecular flexibility index (Phi) is 4.37. The van der Waals surface area contributed by atoms with E-state index in [0.717, 1.165) is 0 Å². The summed E-state index contributed by atoms with van der Waals surface area (Å²) in [6.07, 6.45) is 0. The van der Waals surface area contributed by atoms with Crippen LogP contribution in [0.3, 0.4) is 0 Å². The quantitative estimate of drug-likeness (QED) is 0.809. The normalized spacial score (nSPS) is 9.80. The summed E-state index contributed by atoms with van der Waals surface area (Å²) in [5.74, 6) is -1.000. The molecule has 0 heterocycles. The molecule has 3 nitrogen and oxygen atoms in total. The third-order valence-electron chi connectivity index (χ3n) is 1.68. The van der Waals surface area contributed by atoms with Crippen molar-refractivity contribution in [3.8, 4) is 0 Å². The lowest BCUT2D eigenvalue weighted by Crippen LogP contribution is -2.17. The Morgan fingerprint density at radius 3 is 3.00 bits per heavy atom. The highest BCUT2D eigenvalue weighted by Crippen LogP contribution is 2.21. The molecule has 0 aliphatic rings. The van der Waals surface area contributed by atoms with Crippen molar-refractivity contribution in [3.05, 3.63) is 29.0 Å². The Bertz CT molecular complexity index is 357. The van der Waals surface area contributed by atoms with Crippen LogP contribution in [0.1, 0.15) is 6.92 Å². The van der Waals surface area contributed by atoms with Gasteiger partial charge in [0.25, 0.3) is 0 Å². The molecule has 1 aromatic rings. The second-order valence-electron chi connectivity index (χ2n) is 2.76. The molecule has 0 amide bonds. The average Bonchev–Trinajstić information content (AvgIpc) is 2.21. The van der Waals surface area contributed by atoms with Gasteiger partial charge in [-0.25, -0.2) is 4.39 Å². The number of halogens is 2. The summed E-state index contributed by atoms with van der Waals surface area (Å²) in [6.45, 7) is 1.93. The number of benzene rings is 1. The topological polar surface area (TPSA) is 38.3 Å². The van der Waals surface area contributed by atoms with Gasteiger partial charge in [-0.1, -0.05) is 17.7 Å². The van der Waals surface area contributed by atoms with Crippen LogP contribution in [0.4, 0.5) is 10.1 Å². The molecule has 0 aromatic heterocycles. The summed E-state index contributed by atoms with van der Waals surface area (Å²) in [5, 5.41) is 2.62. The number of hydrogen-bond donors (Lipinski definition) is 1. The van der Waals surface area contributed by atoms with E-state index in [1.165, 1.54) is 12.1 Å². The Balaban J connectivity index is 2.58. The second kappa shape index (κ2) is 5.56. The maximum Gasteiger partial charge on any atom is 0.325 e. The van der Waals surface area contributed by atoms with E-state index in [9.17, 15) is 9.18 Å². The highest BCUT2D eigenvalue weighted by molar-refractivity contribution is 6.31. The molecule has 0 radical (unpaired) electrons. The highest BCUT2D eigenvalue weighted by atomic mass is 35.5. The van der Waals surface area contributed by atoms with Gasteiger partial charge in [-0.05, 0) is 19.1 Å². The van der Waals surface area contributed by atoms with Crippen LogP contribution < -0.4 is 5.32 Å². The van der Waals surface area contributed by atoms with Crippen LogP contribution in [0.2, 0.25) is 5.02 Å². The fourth-order valence-electron chi connectivity index (χ4n) is 1.02. The zero-order chi connectivity index (χ0) is 11.3.